The molecule has 0 heterocycles. The van der Waals surface area contributed by atoms with Crippen molar-refractivity contribution in [1.29, 1.82) is 0 Å². The average molecular weight is 510 g/mol. The van der Waals surface area contributed by atoms with Crippen LogP contribution in [0, 0.1) is 11.8 Å². The highest BCUT2D eigenvalue weighted by Crippen LogP contribution is 2.30. The molecular formula is C26H39NO9. The van der Waals surface area contributed by atoms with Gasteiger partial charge < -0.3 is 29.4 Å². The second-order valence-electron chi connectivity index (χ2n) is 8.99. The van der Waals surface area contributed by atoms with Gasteiger partial charge in [-0.1, -0.05) is 46.6 Å². The lowest BCUT2D eigenvalue weighted by Crippen LogP contribution is -2.36. The number of methoxy groups -OCH3 is 1. The lowest BCUT2D eigenvalue weighted by atomic mass is 10.0. The molecule has 0 aliphatic rings. The van der Waals surface area contributed by atoms with Crippen LogP contribution in [0.2, 0.25) is 0 Å². The molecular weight excluding hydrogens is 470 g/mol. The fourth-order valence-electron chi connectivity index (χ4n) is 2.92. The molecule has 0 aromatic heterocycles. The largest absolute Gasteiger partial charge is 0.508 e. The highest BCUT2D eigenvalue weighted by molar-refractivity contribution is 5.77. The van der Waals surface area contributed by atoms with E-state index in [-0.39, 0.29) is 49.2 Å². The van der Waals surface area contributed by atoms with Crippen molar-refractivity contribution in [3.05, 3.63) is 23.8 Å². The molecule has 0 saturated heterocycles. The molecule has 0 fully saturated rings. The summed E-state index contributed by atoms with van der Waals surface area (Å²) in [6.07, 6.45) is 0.546. The molecule has 10 heteroatoms. The van der Waals surface area contributed by atoms with Crippen molar-refractivity contribution in [3.63, 3.8) is 0 Å². The Hall–Kier alpha value is -3.14. The summed E-state index contributed by atoms with van der Waals surface area (Å²) in [6.45, 7) is 9.19. The molecule has 1 rings (SSSR count). The maximum atomic E-state index is 12.4. The van der Waals surface area contributed by atoms with Gasteiger partial charge in [-0.3, -0.25) is 14.4 Å². The summed E-state index contributed by atoms with van der Waals surface area (Å²) < 4.78 is 25.3. The normalized spacial score (nSPS) is 14.1. The molecule has 0 spiro atoms. The Morgan fingerprint density at radius 3 is 1.97 bits per heavy atom. The van der Waals surface area contributed by atoms with Crippen LogP contribution in [-0.4, -0.2) is 49.9 Å². The van der Waals surface area contributed by atoms with Crippen LogP contribution in [0.3, 0.4) is 0 Å². The van der Waals surface area contributed by atoms with Gasteiger partial charge in [0, 0.05) is 12.8 Å². The number of hydrogen-bond donors (Lipinski definition) is 1. The standard InChI is InChI=1S/C26H39NO9/c1-7-16(3)11-23(28)35-21-10-9-19(14-22(21)36-24(29)12-17(4)8-2)13-20(27)25(30)33-15-18(5)34-26(31)32-6/h9-10,14,16-18,20H,7-8,11-13,15,27H2,1-6H3/t16?,17?,18-,20-/m0/s1. The number of rotatable bonds is 14. The van der Waals surface area contributed by atoms with E-state index >= 15 is 0 Å². The van der Waals surface area contributed by atoms with Crippen molar-refractivity contribution < 1.29 is 42.9 Å². The monoisotopic (exact) mass is 509 g/mol. The molecule has 10 nitrogen and oxygen atoms in total. The molecule has 2 unspecified atom stereocenters. The van der Waals surface area contributed by atoms with Crippen LogP contribution in [-0.2, 0) is 35.0 Å². The number of benzene rings is 1. The lowest BCUT2D eigenvalue weighted by Gasteiger charge is -2.17. The SMILES string of the molecule is CCC(C)CC(=O)Oc1ccc(C[C@H](N)C(=O)OC[C@H](C)OC(=O)OC)cc1OC(=O)CC(C)CC. The molecule has 0 bridgehead atoms. The quantitative estimate of drug-likeness (QED) is 0.289. The predicted octanol–water partition coefficient (Wildman–Crippen LogP) is 3.95. The van der Waals surface area contributed by atoms with E-state index in [1.807, 2.05) is 27.7 Å². The fraction of sp³-hybridized carbons (Fsp3) is 0.615. The molecule has 1 aromatic rings. The van der Waals surface area contributed by atoms with Crippen LogP contribution >= 0.6 is 0 Å². The molecule has 0 saturated carbocycles. The summed E-state index contributed by atoms with van der Waals surface area (Å²) in [5.74, 6) is -1.10. The minimum atomic E-state index is -1.03. The van der Waals surface area contributed by atoms with Crippen molar-refractivity contribution in [1.82, 2.24) is 0 Å². The average Bonchev–Trinajstić information content (AvgIpc) is 2.83. The Morgan fingerprint density at radius 1 is 0.889 bits per heavy atom. The zero-order valence-corrected chi connectivity index (χ0v) is 22.0. The number of ether oxygens (including phenoxy) is 5. The van der Waals surface area contributed by atoms with E-state index in [4.69, 9.17) is 24.7 Å². The summed E-state index contributed by atoms with van der Waals surface area (Å²) in [7, 11) is 1.17. The van der Waals surface area contributed by atoms with Crippen LogP contribution in [0.4, 0.5) is 4.79 Å². The molecule has 2 N–H and O–H groups in total. The molecule has 36 heavy (non-hydrogen) atoms. The van der Waals surface area contributed by atoms with Gasteiger partial charge in [0.15, 0.2) is 11.5 Å². The van der Waals surface area contributed by atoms with Crippen molar-refractivity contribution in [3.8, 4) is 11.5 Å². The van der Waals surface area contributed by atoms with Crippen LogP contribution in [0.1, 0.15) is 65.9 Å². The van der Waals surface area contributed by atoms with Gasteiger partial charge in [0.2, 0.25) is 0 Å². The van der Waals surface area contributed by atoms with Gasteiger partial charge in [-0.05, 0) is 42.9 Å². The topological polar surface area (TPSA) is 140 Å². The summed E-state index contributed by atoms with van der Waals surface area (Å²) in [5, 5.41) is 0. The van der Waals surface area contributed by atoms with E-state index in [9.17, 15) is 19.2 Å². The summed E-state index contributed by atoms with van der Waals surface area (Å²) >= 11 is 0. The van der Waals surface area contributed by atoms with E-state index in [0.29, 0.717) is 5.56 Å². The maximum Gasteiger partial charge on any atom is 0.508 e. The van der Waals surface area contributed by atoms with Gasteiger partial charge in [-0.15, -0.1) is 0 Å². The Morgan fingerprint density at radius 2 is 1.44 bits per heavy atom. The van der Waals surface area contributed by atoms with Crippen molar-refractivity contribution >= 4 is 24.1 Å². The maximum absolute atomic E-state index is 12.4. The predicted molar refractivity (Wildman–Crippen MR) is 131 cm³/mol. The van der Waals surface area contributed by atoms with E-state index < -0.39 is 36.2 Å². The molecule has 4 atom stereocenters. The van der Waals surface area contributed by atoms with E-state index in [1.165, 1.54) is 26.2 Å². The smallest absolute Gasteiger partial charge is 0.461 e. The third-order valence-corrected chi connectivity index (χ3v) is 5.56. The van der Waals surface area contributed by atoms with E-state index in [1.54, 1.807) is 6.07 Å². The van der Waals surface area contributed by atoms with E-state index in [2.05, 4.69) is 4.74 Å². The minimum absolute atomic E-state index is 0.0715. The number of nitrogens with two attached hydrogens (primary N) is 1. The van der Waals surface area contributed by atoms with Gasteiger partial charge in [0.1, 0.15) is 18.8 Å². The highest BCUT2D eigenvalue weighted by Gasteiger charge is 2.21. The van der Waals surface area contributed by atoms with Crippen molar-refractivity contribution in [2.24, 2.45) is 17.6 Å². The van der Waals surface area contributed by atoms with Crippen LogP contribution in [0.25, 0.3) is 0 Å². The zero-order valence-electron chi connectivity index (χ0n) is 22.0. The second-order valence-corrected chi connectivity index (χ2v) is 8.99. The molecule has 0 radical (unpaired) electrons. The third-order valence-electron chi connectivity index (χ3n) is 5.56. The zero-order chi connectivity index (χ0) is 27.3. The first-order valence-corrected chi connectivity index (χ1v) is 12.2. The van der Waals surface area contributed by atoms with Crippen LogP contribution < -0.4 is 15.2 Å². The van der Waals surface area contributed by atoms with Gasteiger partial charge >= 0.3 is 24.1 Å². The second kappa shape index (κ2) is 15.8. The minimum Gasteiger partial charge on any atom is -0.461 e. The van der Waals surface area contributed by atoms with Crippen LogP contribution in [0.15, 0.2) is 18.2 Å². The summed E-state index contributed by atoms with van der Waals surface area (Å²) in [5.41, 5.74) is 6.56. The lowest BCUT2D eigenvalue weighted by molar-refractivity contribution is -0.148. The first kappa shape index (κ1) is 30.9. The molecule has 202 valence electrons. The number of hydrogen-bond acceptors (Lipinski definition) is 10. The van der Waals surface area contributed by atoms with Gasteiger partial charge in [-0.2, -0.15) is 0 Å². The third kappa shape index (κ3) is 11.5. The van der Waals surface area contributed by atoms with Crippen molar-refractivity contribution in [2.45, 2.75) is 78.9 Å². The van der Waals surface area contributed by atoms with Gasteiger partial charge in [0.05, 0.1) is 7.11 Å². The summed E-state index contributed by atoms with van der Waals surface area (Å²) in [4.78, 5) is 48.2. The van der Waals surface area contributed by atoms with Crippen LogP contribution in [0.5, 0.6) is 11.5 Å². The number of carbonyl (C=O) groups is 4. The van der Waals surface area contributed by atoms with Gasteiger partial charge in [-0.25, -0.2) is 4.79 Å². The first-order chi connectivity index (χ1) is 17.0. The first-order valence-electron chi connectivity index (χ1n) is 12.2. The molecule has 1 aromatic carbocycles. The van der Waals surface area contributed by atoms with Gasteiger partial charge in [0.25, 0.3) is 0 Å². The highest BCUT2D eigenvalue weighted by atomic mass is 16.7. The number of esters is 3. The number of carbonyl (C=O) groups excluding carboxylic acids is 4. The molecule has 0 aliphatic heterocycles. The Kier molecular flexibility index (Phi) is 13.5. The Labute approximate surface area is 212 Å². The fourth-order valence-corrected chi connectivity index (χ4v) is 2.92. The Balaban J connectivity index is 2.93. The Bertz CT molecular complexity index is 886. The molecule has 0 amide bonds. The molecule has 0 aliphatic carbocycles. The summed E-state index contributed by atoms with van der Waals surface area (Å²) in [6, 6.07) is 3.64. The van der Waals surface area contributed by atoms with Crippen molar-refractivity contribution in [2.75, 3.05) is 13.7 Å². The van der Waals surface area contributed by atoms with E-state index in [0.717, 1.165) is 12.8 Å².